The summed E-state index contributed by atoms with van der Waals surface area (Å²) in [6.45, 7) is 17.2. The molecular formula is C39H48O4. The fourth-order valence-electron chi connectivity index (χ4n) is 6.26. The summed E-state index contributed by atoms with van der Waals surface area (Å²) in [6, 6.07) is 23.2. The summed E-state index contributed by atoms with van der Waals surface area (Å²) in [6.07, 6.45) is 3.12. The molecule has 0 atom stereocenters. The minimum Gasteiger partial charge on any atom is -0.508 e. The van der Waals surface area contributed by atoms with Gasteiger partial charge in [0.1, 0.15) is 23.0 Å². The molecule has 228 valence electrons. The van der Waals surface area contributed by atoms with Crippen molar-refractivity contribution in [2.45, 2.75) is 91.9 Å². The Kier molecular flexibility index (Phi) is 8.92. The van der Waals surface area contributed by atoms with Crippen LogP contribution in [-0.4, -0.2) is 20.4 Å². The molecule has 0 heterocycles. The smallest absolute Gasteiger partial charge is 0.119 e. The van der Waals surface area contributed by atoms with Gasteiger partial charge in [0.15, 0.2) is 0 Å². The van der Waals surface area contributed by atoms with Crippen molar-refractivity contribution in [1.29, 1.82) is 0 Å². The van der Waals surface area contributed by atoms with E-state index in [-0.39, 0.29) is 22.0 Å². The van der Waals surface area contributed by atoms with Crippen LogP contribution >= 0.6 is 0 Å². The molecule has 0 spiro atoms. The van der Waals surface area contributed by atoms with Gasteiger partial charge in [-0.25, -0.2) is 0 Å². The molecule has 0 unspecified atom stereocenters. The van der Waals surface area contributed by atoms with E-state index in [1.165, 1.54) is 11.1 Å². The minimum absolute atomic E-state index is 0.115. The molecule has 0 amide bonds. The molecular weight excluding hydrogens is 532 g/mol. The molecule has 0 aliphatic rings. The summed E-state index contributed by atoms with van der Waals surface area (Å²) in [5, 5.41) is 41.4. The summed E-state index contributed by atoms with van der Waals surface area (Å²) in [5.74, 6) is 1.17. The number of benzene rings is 4. The molecule has 4 nitrogen and oxygen atoms in total. The topological polar surface area (TPSA) is 80.9 Å². The maximum Gasteiger partial charge on any atom is 0.119 e. The number of hydrogen-bond acceptors (Lipinski definition) is 4. The summed E-state index contributed by atoms with van der Waals surface area (Å²) < 4.78 is 0. The van der Waals surface area contributed by atoms with Gasteiger partial charge in [0, 0.05) is 5.41 Å². The van der Waals surface area contributed by atoms with Crippen LogP contribution in [-0.2, 0) is 30.1 Å². The second kappa shape index (κ2) is 12.0. The maximum atomic E-state index is 11.4. The molecule has 0 radical (unpaired) electrons. The van der Waals surface area contributed by atoms with E-state index in [0.29, 0.717) is 23.7 Å². The van der Waals surface area contributed by atoms with Crippen molar-refractivity contribution >= 4 is 0 Å². The van der Waals surface area contributed by atoms with E-state index < -0.39 is 0 Å². The third-order valence-corrected chi connectivity index (χ3v) is 9.18. The van der Waals surface area contributed by atoms with Crippen LogP contribution in [0.2, 0.25) is 0 Å². The van der Waals surface area contributed by atoms with Crippen molar-refractivity contribution in [3.8, 4) is 23.0 Å². The fourth-order valence-corrected chi connectivity index (χ4v) is 6.26. The van der Waals surface area contributed by atoms with E-state index in [1.807, 2.05) is 44.2 Å². The highest BCUT2D eigenvalue weighted by Crippen LogP contribution is 2.41. The van der Waals surface area contributed by atoms with Crippen molar-refractivity contribution in [1.82, 2.24) is 0 Å². The number of aryl methyl sites for hydroxylation is 3. The maximum absolute atomic E-state index is 11.4. The van der Waals surface area contributed by atoms with Crippen LogP contribution in [0.3, 0.4) is 0 Å². The molecule has 43 heavy (non-hydrogen) atoms. The van der Waals surface area contributed by atoms with Crippen LogP contribution in [0.1, 0.15) is 92.5 Å². The predicted octanol–water partition coefficient (Wildman–Crippen LogP) is 9.17. The highest BCUT2D eigenvalue weighted by molar-refractivity contribution is 5.50. The van der Waals surface area contributed by atoms with E-state index >= 15 is 0 Å². The lowest BCUT2D eigenvalue weighted by atomic mass is 9.71. The van der Waals surface area contributed by atoms with Crippen molar-refractivity contribution in [2.24, 2.45) is 5.41 Å². The fraction of sp³-hybridized carbons (Fsp3) is 0.385. The molecule has 0 saturated heterocycles. The molecule has 4 aromatic carbocycles. The normalized spacial score (nSPS) is 12.5. The Morgan fingerprint density at radius 2 is 1.14 bits per heavy atom. The molecule has 0 saturated carbocycles. The third-order valence-electron chi connectivity index (χ3n) is 9.18. The lowest BCUT2D eigenvalue weighted by Crippen LogP contribution is -2.25. The molecule has 0 aromatic heterocycles. The van der Waals surface area contributed by atoms with Gasteiger partial charge in [-0.05, 0) is 125 Å². The second-order valence-corrected chi connectivity index (χ2v) is 14.3. The van der Waals surface area contributed by atoms with Gasteiger partial charge in [-0.2, -0.15) is 0 Å². The van der Waals surface area contributed by atoms with Crippen LogP contribution in [0.15, 0.2) is 72.8 Å². The second-order valence-electron chi connectivity index (χ2n) is 14.3. The zero-order valence-corrected chi connectivity index (χ0v) is 27.0. The first-order valence-electron chi connectivity index (χ1n) is 15.2. The lowest BCUT2D eigenvalue weighted by Gasteiger charge is -2.33. The first kappa shape index (κ1) is 32.0. The summed E-state index contributed by atoms with van der Waals surface area (Å²) >= 11 is 0. The summed E-state index contributed by atoms with van der Waals surface area (Å²) in [4.78, 5) is 0. The van der Waals surface area contributed by atoms with Gasteiger partial charge in [-0.3, -0.25) is 0 Å². The Morgan fingerprint density at radius 1 is 0.558 bits per heavy atom. The van der Waals surface area contributed by atoms with E-state index in [2.05, 4.69) is 59.7 Å². The third kappa shape index (κ3) is 7.36. The van der Waals surface area contributed by atoms with Gasteiger partial charge in [0.05, 0.1) is 0 Å². The van der Waals surface area contributed by atoms with E-state index in [1.54, 1.807) is 24.3 Å². The van der Waals surface area contributed by atoms with Crippen molar-refractivity contribution in [3.05, 3.63) is 117 Å². The number of rotatable bonds is 10. The molecule has 0 aliphatic heterocycles. The molecule has 4 aromatic rings. The van der Waals surface area contributed by atoms with E-state index in [4.69, 9.17) is 0 Å². The van der Waals surface area contributed by atoms with Crippen molar-refractivity contribution in [3.63, 3.8) is 0 Å². The lowest BCUT2D eigenvalue weighted by molar-refractivity contribution is 0.356. The van der Waals surface area contributed by atoms with E-state index in [0.717, 1.165) is 52.6 Å². The van der Waals surface area contributed by atoms with Gasteiger partial charge in [-0.1, -0.05) is 84.0 Å². The number of aromatic hydroxyl groups is 4. The standard InChI is InChI=1S/C39H48O4/c1-25-19-27(9-15-34(25)41)23-37(3,4)24-29-22-36(43)28(17-18-38(5,6)31-12-16-35(42)26(2)20-31)21-33(29)39(7,8)30-10-13-32(40)14-11-30/h9-16,19-22,40-43H,17-18,23-24H2,1-8H3. The van der Waals surface area contributed by atoms with Gasteiger partial charge >= 0.3 is 0 Å². The monoisotopic (exact) mass is 580 g/mol. The van der Waals surface area contributed by atoms with Gasteiger partial charge < -0.3 is 20.4 Å². The average molecular weight is 581 g/mol. The molecule has 4 rings (SSSR count). The Labute approximate surface area is 257 Å². The highest BCUT2D eigenvalue weighted by Gasteiger charge is 2.31. The average Bonchev–Trinajstić information content (AvgIpc) is 2.91. The molecule has 0 fully saturated rings. The van der Waals surface area contributed by atoms with Crippen LogP contribution in [0.4, 0.5) is 0 Å². The Balaban J connectivity index is 1.71. The molecule has 0 aliphatic carbocycles. The largest absolute Gasteiger partial charge is 0.508 e. The molecule has 0 bridgehead atoms. The van der Waals surface area contributed by atoms with Gasteiger partial charge in [-0.15, -0.1) is 0 Å². The summed E-state index contributed by atoms with van der Waals surface area (Å²) in [5.41, 5.74) is 7.71. The van der Waals surface area contributed by atoms with Crippen LogP contribution < -0.4 is 0 Å². The molecule has 4 heteroatoms. The van der Waals surface area contributed by atoms with Crippen LogP contribution in [0.5, 0.6) is 23.0 Å². The van der Waals surface area contributed by atoms with Crippen LogP contribution in [0.25, 0.3) is 0 Å². The SMILES string of the molecule is Cc1cc(CC(C)(C)Cc2cc(O)c(CCC(C)(C)c3ccc(O)c(C)c3)cc2C(C)(C)c2ccc(O)cc2)ccc1O. The van der Waals surface area contributed by atoms with Crippen molar-refractivity contribution < 1.29 is 20.4 Å². The Morgan fingerprint density at radius 3 is 1.74 bits per heavy atom. The van der Waals surface area contributed by atoms with Gasteiger partial charge in [0.25, 0.3) is 0 Å². The summed E-state index contributed by atoms with van der Waals surface area (Å²) in [7, 11) is 0. The molecule has 4 N–H and O–H groups in total. The zero-order valence-electron chi connectivity index (χ0n) is 27.0. The predicted molar refractivity (Wildman–Crippen MR) is 177 cm³/mol. The van der Waals surface area contributed by atoms with Gasteiger partial charge in [0.2, 0.25) is 0 Å². The minimum atomic E-state index is -0.375. The first-order chi connectivity index (χ1) is 20.0. The van der Waals surface area contributed by atoms with Crippen molar-refractivity contribution in [2.75, 3.05) is 0 Å². The Bertz CT molecular complexity index is 1590. The van der Waals surface area contributed by atoms with E-state index in [9.17, 15) is 20.4 Å². The number of hydrogen-bond donors (Lipinski definition) is 4. The Hall–Kier alpha value is -3.92. The van der Waals surface area contributed by atoms with Crippen LogP contribution in [0, 0.1) is 19.3 Å². The number of phenolic OH excluding ortho intramolecular Hbond substituents is 4. The highest BCUT2D eigenvalue weighted by atomic mass is 16.3. The number of phenols is 4. The first-order valence-corrected chi connectivity index (χ1v) is 15.2. The zero-order chi connectivity index (χ0) is 31.7. The quantitative estimate of drug-likeness (QED) is 0.151.